The van der Waals surface area contributed by atoms with E-state index in [1.807, 2.05) is 48.7 Å². The number of imidazole rings is 1. The van der Waals surface area contributed by atoms with Crippen molar-refractivity contribution in [1.29, 1.82) is 0 Å². The molecule has 1 unspecified atom stereocenters. The quantitative estimate of drug-likeness (QED) is 0.458. The molecule has 0 saturated heterocycles. The molecule has 4 rings (SSSR count). The second-order valence-electron chi connectivity index (χ2n) is 9.71. The topological polar surface area (TPSA) is 104 Å². The van der Waals surface area contributed by atoms with Gasteiger partial charge in [0.05, 0.1) is 17.2 Å². The number of carbonyl (C=O) groups excluding carboxylic acids is 2. The fourth-order valence-electron chi connectivity index (χ4n) is 4.83. The molecular weight excluding hydrogens is 438 g/mol. The minimum Gasteiger partial charge on any atom is -0.346 e. The Morgan fingerprint density at radius 1 is 1.06 bits per heavy atom. The lowest BCUT2D eigenvalue weighted by atomic mass is 9.73. The minimum absolute atomic E-state index is 0.0186. The molecule has 0 bridgehead atoms. The molecule has 4 N–H and O–H groups in total. The standard InChI is InChI=1S/C28H35N5O2/c1-33(2)26(34)22-13-11-21(12-14-22)24-18-30-25(31-24)23(17-20-9-5-3-6-10-20)32-27(35)28(19-29)15-7-4-8-16-28/h3,5-6,9-14,18,23H,4,7-8,15-17,19,29H2,1-2H3,(H,30,31)(H,32,35). The average Bonchev–Trinajstić information content (AvgIpc) is 3.39. The number of nitrogens with two attached hydrogens (primary N) is 1. The Balaban J connectivity index is 1.58. The van der Waals surface area contributed by atoms with E-state index in [1.54, 1.807) is 19.0 Å². The predicted octanol–water partition coefficient (Wildman–Crippen LogP) is 4.09. The molecule has 1 atom stereocenters. The van der Waals surface area contributed by atoms with Crippen molar-refractivity contribution < 1.29 is 9.59 Å². The molecule has 1 saturated carbocycles. The number of carbonyl (C=O) groups is 2. The maximum absolute atomic E-state index is 13.5. The summed E-state index contributed by atoms with van der Waals surface area (Å²) < 4.78 is 0. The van der Waals surface area contributed by atoms with Gasteiger partial charge < -0.3 is 20.9 Å². The molecule has 1 fully saturated rings. The van der Waals surface area contributed by atoms with Gasteiger partial charge in [0.15, 0.2) is 0 Å². The largest absolute Gasteiger partial charge is 0.346 e. The summed E-state index contributed by atoms with van der Waals surface area (Å²) >= 11 is 0. The smallest absolute Gasteiger partial charge is 0.253 e. The molecule has 1 aliphatic rings. The summed E-state index contributed by atoms with van der Waals surface area (Å²) in [6.45, 7) is 0.359. The van der Waals surface area contributed by atoms with Crippen molar-refractivity contribution >= 4 is 11.8 Å². The normalized spacial score (nSPS) is 15.9. The highest BCUT2D eigenvalue weighted by atomic mass is 16.2. The van der Waals surface area contributed by atoms with Gasteiger partial charge in [0, 0.05) is 38.0 Å². The van der Waals surface area contributed by atoms with Crippen LogP contribution in [0.3, 0.4) is 0 Å². The highest BCUT2D eigenvalue weighted by molar-refractivity contribution is 5.94. The SMILES string of the molecule is CN(C)C(=O)c1ccc(-c2c[nH]c(C(Cc3ccccc3)NC(=O)C3(CN)CCCCC3)n2)cc1. The monoisotopic (exact) mass is 473 g/mol. The first-order chi connectivity index (χ1) is 16.9. The van der Waals surface area contributed by atoms with Gasteiger partial charge in [0.2, 0.25) is 5.91 Å². The van der Waals surface area contributed by atoms with Gasteiger partial charge in [-0.25, -0.2) is 4.98 Å². The van der Waals surface area contributed by atoms with Crippen LogP contribution < -0.4 is 11.1 Å². The maximum atomic E-state index is 13.5. The molecule has 2 aromatic carbocycles. The molecule has 1 aromatic heterocycles. The number of amides is 2. The zero-order valence-electron chi connectivity index (χ0n) is 20.6. The van der Waals surface area contributed by atoms with E-state index in [2.05, 4.69) is 22.4 Å². The number of rotatable bonds is 8. The molecular formula is C28H35N5O2. The number of hydrogen-bond acceptors (Lipinski definition) is 4. The summed E-state index contributed by atoms with van der Waals surface area (Å²) in [4.78, 5) is 35.4. The summed E-state index contributed by atoms with van der Waals surface area (Å²) in [5.74, 6) is 0.681. The van der Waals surface area contributed by atoms with Crippen molar-refractivity contribution in [2.45, 2.75) is 44.6 Å². The zero-order valence-corrected chi connectivity index (χ0v) is 20.6. The molecule has 1 aliphatic carbocycles. The molecule has 0 aliphatic heterocycles. The van der Waals surface area contributed by atoms with Crippen LogP contribution in [0.1, 0.15) is 59.9 Å². The Bertz CT molecular complexity index is 1130. The van der Waals surface area contributed by atoms with Crippen molar-refractivity contribution in [3.63, 3.8) is 0 Å². The van der Waals surface area contributed by atoms with Crippen LogP contribution in [0.25, 0.3) is 11.3 Å². The third-order valence-corrected chi connectivity index (χ3v) is 7.03. The Hall–Kier alpha value is -3.45. The van der Waals surface area contributed by atoms with Gasteiger partial charge in [0.25, 0.3) is 5.91 Å². The number of H-pyrrole nitrogens is 1. The van der Waals surface area contributed by atoms with E-state index in [-0.39, 0.29) is 17.9 Å². The van der Waals surface area contributed by atoms with Crippen molar-refractivity contribution in [2.24, 2.45) is 11.1 Å². The van der Waals surface area contributed by atoms with Crippen LogP contribution in [0.2, 0.25) is 0 Å². The molecule has 1 heterocycles. The number of nitrogens with one attached hydrogen (secondary N) is 2. The van der Waals surface area contributed by atoms with E-state index < -0.39 is 5.41 Å². The van der Waals surface area contributed by atoms with Gasteiger partial charge in [-0.15, -0.1) is 0 Å². The molecule has 3 aromatic rings. The van der Waals surface area contributed by atoms with E-state index in [9.17, 15) is 9.59 Å². The molecule has 35 heavy (non-hydrogen) atoms. The highest BCUT2D eigenvalue weighted by Gasteiger charge is 2.39. The van der Waals surface area contributed by atoms with E-state index in [0.29, 0.717) is 24.4 Å². The van der Waals surface area contributed by atoms with Crippen molar-refractivity contribution in [3.8, 4) is 11.3 Å². The Morgan fingerprint density at radius 2 is 1.74 bits per heavy atom. The number of nitrogens with zero attached hydrogens (tertiary/aromatic N) is 2. The van der Waals surface area contributed by atoms with Gasteiger partial charge in [0.1, 0.15) is 5.82 Å². The van der Waals surface area contributed by atoms with E-state index in [0.717, 1.165) is 48.9 Å². The van der Waals surface area contributed by atoms with Crippen molar-refractivity contribution in [2.75, 3.05) is 20.6 Å². The zero-order chi connectivity index (χ0) is 24.8. The number of hydrogen-bond donors (Lipinski definition) is 3. The number of aromatic amines is 1. The molecule has 0 radical (unpaired) electrons. The Labute approximate surface area is 207 Å². The lowest BCUT2D eigenvalue weighted by molar-refractivity contribution is -0.133. The van der Waals surface area contributed by atoms with Crippen LogP contribution in [0, 0.1) is 5.41 Å². The average molecular weight is 474 g/mol. The molecule has 2 amide bonds. The molecule has 7 heteroatoms. The summed E-state index contributed by atoms with van der Waals surface area (Å²) in [7, 11) is 3.47. The first-order valence-electron chi connectivity index (χ1n) is 12.3. The van der Waals surface area contributed by atoms with Crippen molar-refractivity contribution in [1.82, 2.24) is 20.2 Å². The van der Waals surface area contributed by atoms with E-state index in [1.165, 1.54) is 0 Å². The molecule has 0 spiro atoms. The second kappa shape index (κ2) is 10.9. The van der Waals surface area contributed by atoms with Gasteiger partial charge in [-0.1, -0.05) is 61.7 Å². The molecule has 184 valence electrons. The lowest BCUT2D eigenvalue weighted by Gasteiger charge is -2.35. The van der Waals surface area contributed by atoms with Gasteiger partial charge >= 0.3 is 0 Å². The van der Waals surface area contributed by atoms with Crippen LogP contribution in [-0.2, 0) is 11.2 Å². The Morgan fingerprint density at radius 3 is 2.37 bits per heavy atom. The first-order valence-corrected chi connectivity index (χ1v) is 12.3. The fraction of sp³-hybridized carbons (Fsp3) is 0.393. The van der Waals surface area contributed by atoms with Crippen LogP contribution >= 0.6 is 0 Å². The van der Waals surface area contributed by atoms with Crippen LogP contribution in [-0.4, -0.2) is 47.3 Å². The van der Waals surface area contributed by atoms with E-state index >= 15 is 0 Å². The van der Waals surface area contributed by atoms with Gasteiger partial charge in [-0.2, -0.15) is 0 Å². The second-order valence-corrected chi connectivity index (χ2v) is 9.71. The molecule has 7 nitrogen and oxygen atoms in total. The van der Waals surface area contributed by atoms with Crippen molar-refractivity contribution in [3.05, 3.63) is 77.7 Å². The minimum atomic E-state index is -0.503. The van der Waals surface area contributed by atoms with Gasteiger partial charge in [-0.3, -0.25) is 9.59 Å². The third kappa shape index (κ3) is 5.62. The van der Waals surface area contributed by atoms with E-state index in [4.69, 9.17) is 10.7 Å². The number of benzene rings is 2. The predicted molar refractivity (Wildman–Crippen MR) is 138 cm³/mol. The summed E-state index contributed by atoms with van der Waals surface area (Å²) in [6, 6.07) is 17.2. The fourth-order valence-corrected chi connectivity index (χ4v) is 4.83. The highest BCUT2D eigenvalue weighted by Crippen LogP contribution is 2.36. The first kappa shape index (κ1) is 24.7. The third-order valence-electron chi connectivity index (χ3n) is 7.03. The summed E-state index contributed by atoms with van der Waals surface area (Å²) in [5, 5.41) is 3.28. The Kier molecular flexibility index (Phi) is 7.66. The van der Waals surface area contributed by atoms with Gasteiger partial charge in [-0.05, 0) is 37.0 Å². The summed E-state index contributed by atoms with van der Waals surface area (Å²) in [5.41, 5.74) is 9.04. The van der Waals surface area contributed by atoms with Crippen LogP contribution in [0.15, 0.2) is 60.8 Å². The van der Waals surface area contributed by atoms with Crippen LogP contribution in [0.5, 0.6) is 0 Å². The lowest BCUT2D eigenvalue weighted by Crippen LogP contribution is -2.48. The maximum Gasteiger partial charge on any atom is 0.253 e. The summed E-state index contributed by atoms with van der Waals surface area (Å²) in [6.07, 6.45) is 7.35. The van der Waals surface area contributed by atoms with Crippen LogP contribution in [0.4, 0.5) is 0 Å². The number of aromatic nitrogens is 2.